The summed E-state index contributed by atoms with van der Waals surface area (Å²) < 4.78 is 17.1. The lowest BCUT2D eigenvalue weighted by molar-refractivity contribution is -0.889. The summed E-state index contributed by atoms with van der Waals surface area (Å²) >= 11 is 0. The van der Waals surface area contributed by atoms with Crippen LogP contribution < -0.4 is 5.11 Å². The van der Waals surface area contributed by atoms with Crippen LogP contribution in [0.3, 0.4) is 0 Å². The predicted octanol–water partition coefficient (Wildman–Crippen LogP) is 14.1. The molecule has 0 amide bonds. The average molecular weight is 952 g/mol. The van der Waals surface area contributed by atoms with E-state index in [1.165, 1.54) is 0 Å². The second-order valence-corrected chi connectivity index (χ2v) is 17.6. The average Bonchev–Trinajstić information content (AvgIpc) is 3.31. The highest BCUT2D eigenvalue weighted by atomic mass is 16.6. The van der Waals surface area contributed by atoms with E-state index in [0.717, 1.165) is 109 Å². The molecule has 2 atom stereocenters. The molecule has 69 heavy (non-hydrogen) atoms. The molecule has 0 N–H and O–H groups in total. The molecule has 8 heteroatoms. The van der Waals surface area contributed by atoms with Crippen molar-refractivity contribution in [1.29, 1.82) is 0 Å². The number of carbonyl (C=O) groups excluding carboxylic acids is 3. The summed E-state index contributed by atoms with van der Waals surface area (Å²) in [5.41, 5.74) is 0. The maximum absolute atomic E-state index is 12.8. The van der Waals surface area contributed by atoms with E-state index in [0.29, 0.717) is 12.8 Å². The minimum Gasteiger partial charge on any atom is -0.544 e. The van der Waals surface area contributed by atoms with Crippen molar-refractivity contribution in [3.05, 3.63) is 158 Å². The third-order valence-corrected chi connectivity index (χ3v) is 10.4. The number of esters is 2. The summed E-state index contributed by atoms with van der Waals surface area (Å²) in [7, 11) is 5.36. The molecule has 0 radical (unpaired) electrons. The molecule has 0 heterocycles. The SMILES string of the molecule is CC/C=C/C/C=C/C/C=C/C/C=C/C/C=C/C/C=C/C/C=C/CCCC(=O)OC(COCCC(C(=O)[O-])[N+](C)(C)C)COC(=O)CCCCC/C=C/C/C=C/C/C=C/C/C=C/C/C=C/C/C=C/CC. The van der Waals surface area contributed by atoms with E-state index in [-0.39, 0.29) is 49.5 Å². The van der Waals surface area contributed by atoms with Gasteiger partial charge in [0.05, 0.1) is 40.3 Å². The molecule has 0 saturated carbocycles. The van der Waals surface area contributed by atoms with Crippen molar-refractivity contribution in [2.75, 3.05) is 41.0 Å². The number of unbranched alkanes of at least 4 members (excludes halogenated alkanes) is 4. The van der Waals surface area contributed by atoms with Gasteiger partial charge in [0.25, 0.3) is 0 Å². The minimum absolute atomic E-state index is 0.00620. The first-order valence-electron chi connectivity index (χ1n) is 26.0. The maximum atomic E-state index is 12.8. The first-order chi connectivity index (χ1) is 33.6. The van der Waals surface area contributed by atoms with Gasteiger partial charge in [0.1, 0.15) is 12.6 Å². The molecule has 0 aromatic carbocycles. The number of ether oxygens (including phenoxy) is 3. The molecule has 0 aromatic heterocycles. The van der Waals surface area contributed by atoms with Crippen LogP contribution in [-0.2, 0) is 28.6 Å². The third kappa shape index (κ3) is 47.8. The molecule has 8 nitrogen and oxygen atoms in total. The smallest absolute Gasteiger partial charge is 0.306 e. The van der Waals surface area contributed by atoms with Crippen molar-refractivity contribution in [2.24, 2.45) is 0 Å². The minimum atomic E-state index is -1.15. The van der Waals surface area contributed by atoms with E-state index in [1.807, 2.05) is 0 Å². The van der Waals surface area contributed by atoms with Gasteiger partial charge in [0.2, 0.25) is 0 Å². The van der Waals surface area contributed by atoms with Crippen molar-refractivity contribution < 1.29 is 38.2 Å². The number of rotatable bonds is 44. The summed E-state index contributed by atoms with van der Waals surface area (Å²) in [6, 6.07) is -0.754. The monoisotopic (exact) mass is 952 g/mol. The van der Waals surface area contributed by atoms with Gasteiger partial charge in [0, 0.05) is 19.3 Å². The lowest BCUT2D eigenvalue weighted by Gasteiger charge is -2.34. The van der Waals surface area contributed by atoms with Crippen LogP contribution in [0.1, 0.15) is 155 Å². The molecule has 0 spiro atoms. The number of carboxylic acids is 1. The highest BCUT2D eigenvalue weighted by molar-refractivity contribution is 5.70. The van der Waals surface area contributed by atoms with Crippen LogP contribution in [0, 0.1) is 0 Å². The van der Waals surface area contributed by atoms with Crippen LogP contribution in [0.15, 0.2) is 158 Å². The lowest BCUT2D eigenvalue weighted by atomic mass is 10.1. The number of nitrogens with zero attached hydrogens (tertiary/aromatic N) is 1. The number of carboxylic acid groups (broad SMARTS) is 1. The Morgan fingerprint density at radius 1 is 0.435 bits per heavy atom. The highest BCUT2D eigenvalue weighted by Crippen LogP contribution is 2.11. The van der Waals surface area contributed by atoms with Gasteiger partial charge in [0.15, 0.2) is 6.10 Å². The van der Waals surface area contributed by atoms with E-state index >= 15 is 0 Å². The number of hydrogen-bond acceptors (Lipinski definition) is 7. The van der Waals surface area contributed by atoms with E-state index in [9.17, 15) is 19.5 Å². The second kappa shape index (κ2) is 49.4. The van der Waals surface area contributed by atoms with Crippen molar-refractivity contribution in [3.8, 4) is 0 Å². The van der Waals surface area contributed by atoms with Gasteiger partial charge in [-0.25, -0.2) is 0 Å². The number of carbonyl (C=O) groups is 3. The predicted molar refractivity (Wildman–Crippen MR) is 290 cm³/mol. The number of aliphatic carboxylic acids is 1. The standard InChI is InChI=1S/C61H93NO7/c1-6-8-10-12-14-16-18-20-22-24-26-28-30-32-34-36-38-40-42-44-46-48-50-52-60(64)69-57(55-67-54-53-58(61(65)66)62(3,4)5)56-68-59(63)51-49-47-45-43-41-39-37-35-33-31-29-27-25-23-21-19-17-15-13-11-9-7-2/h8-11,14-17,20-23,26-29,32-35,38-41,44,46,57-58H,6-7,12-13,18-19,24-25,30-31,36-37,42-43,45,47-56H2,1-5H3/b10-8+,11-9+,16-14+,17-15+,22-20+,23-21+,28-26+,29-27+,34-32+,35-33+,40-38+,41-39+,46-44+. The zero-order valence-electron chi connectivity index (χ0n) is 43.6. The molecule has 0 rings (SSSR count). The normalized spacial score (nSPS) is 14.2. The van der Waals surface area contributed by atoms with E-state index < -0.39 is 24.1 Å². The summed E-state index contributed by atoms with van der Waals surface area (Å²) in [6.07, 6.45) is 74.3. The van der Waals surface area contributed by atoms with Gasteiger partial charge >= 0.3 is 11.9 Å². The van der Waals surface area contributed by atoms with Crippen LogP contribution >= 0.6 is 0 Å². The summed E-state index contributed by atoms with van der Waals surface area (Å²) in [5.74, 6) is -1.88. The van der Waals surface area contributed by atoms with E-state index in [2.05, 4.69) is 172 Å². The number of quaternary nitrogens is 1. The fraction of sp³-hybridized carbons (Fsp3) is 0.525. The lowest BCUT2D eigenvalue weighted by Crippen LogP contribution is -2.55. The molecule has 0 bridgehead atoms. The van der Waals surface area contributed by atoms with Crippen molar-refractivity contribution >= 4 is 17.9 Å². The largest absolute Gasteiger partial charge is 0.544 e. The van der Waals surface area contributed by atoms with Crippen LogP contribution in [0.5, 0.6) is 0 Å². The highest BCUT2D eigenvalue weighted by Gasteiger charge is 2.25. The van der Waals surface area contributed by atoms with Gasteiger partial charge in [-0.3, -0.25) is 9.59 Å². The molecule has 0 saturated heterocycles. The fourth-order valence-electron chi connectivity index (χ4n) is 6.47. The Morgan fingerprint density at radius 3 is 1.14 bits per heavy atom. The maximum Gasteiger partial charge on any atom is 0.306 e. The summed E-state index contributed by atoms with van der Waals surface area (Å²) in [6.45, 7) is 4.31. The molecule has 0 aromatic rings. The van der Waals surface area contributed by atoms with Gasteiger partial charge < -0.3 is 28.6 Å². The van der Waals surface area contributed by atoms with Crippen LogP contribution in [0.25, 0.3) is 0 Å². The number of likely N-dealkylation sites (N-methyl/N-ethyl adjacent to an activating group) is 1. The molecule has 384 valence electrons. The molecule has 2 unspecified atom stereocenters. The number of allylic oxidation sites excluding steroid dienone is 26. The van der Waals surface area contributed by atoms with Gasteiger partial charge in [-0.1, -0.05) is 178 Å². The Hall–Kier alpha value is -5.05. The van der Waals surface area contributed by atoms with Crippen molar-refractivity contribution in [1.82, 2.24) is 0 Å². The van der Waals surface area contributed by atoms with Crippen LogP contribution in [-0.4, -0.2) is 75.5 Å². The Labute approximate surface area is 420 Å². The van der Waals surface area contributed by atoms with Crippen molar-refractivity contribution in [3.63, 3.8) is 0 Å². The van der Waals surface area contributed by atoms with Gasteiger partial charge in [-0.15, -0.1) is 0 Å². The molecule has 0 aliphatic carbocycles. The fourth-order valence-corrected chi connectivity index (χ4v) is 6.47. The molecular formula is C61H93NO7. The third-order valence-electron chi connectivity index (χ3n) is 10.4. The number of hydrogen-bond donors (Lipinski definition) is 0. The van der Waals surface area contributed by atoms with E-state index in [1.54, 1.807) is 21.1 Å². The Kier molecular flexibility index (Phi) is 45.8. The molecular weight excluding hydrogens is 859 g/mol. The summed E-state index contributed by atoms with van der Waals surface area (Å²) in [4.78, 5) is 37.1. The second-order valence-electron chi connectivity index (χ2n) is 17.6. The van der Waals surface area contributed by atoms with E-state index in [4.69, 9.17) is 14.2 Å². The Bertz CT molecular complexity index is 1670. The first kappa shape index (κ1) is 64.0. The van der Waals surface area contributed by atoms with Crippen molar-refractivity contribution in [2.45, 2.75) is 167 Å². The summed E-state index contributed by atoms with van der Waals surface area (Å²) in [5, 5.41) is 11.7. The zero-order chi connectivity index (χ0) is 50.6. The topological polar surface area (TPSA) is 102 Å². The zero-order valence-corrected chi connectivity index (χ0v) is 43.6. The van der Waals surface area contributed by atoms with Crippen LogP contribution in [0.4, 0.5) is 0 Å². The quantitative estimate of drug-likeness (QED) is 0.0259. The molecule has 0 aliphatic heterocycles. The van der Waals surface area contributed by atoms with Gasteiger partial charge in [-0.05, 0) is 116 Å². The van der Waals surface area contributed by atoms with Gasteiger partial charge in [-0.2, -0.15) is 0 Å². The Morgan fingerprint density at radius 2 is 0.783 bits per heavy atom. The molecule has 0 aliphatic rings. The Balaban J connectivity index is 4.47. The first-order valence-corrected chi connectivity index (χ1v) is 26.0. The molecule has 0 fully saturated rings. The van der Waals surface area contributed by atoms with Crippen LogP contribution in [0.2, 0.25) is 0 Å².